The Labute approximate surface area is 198 Å². The van der Waals surface area contributed by atoms with Crippen LogP contribution in [0.2, 0.25) is 0 Å². The predicted molar refractivity (Wildman–Crippen MR) is 113 cm³/mol. The van der Waals surface area contributed by atoms with Crippen molar-refractivity contribution in [2.75, 3.05) is 0 Å². The Hall–Kier alpha value is -3.37. The van der Waals surface area contributed by atoms with Crippen molar-refractivity contribution < 1.29 is 45.4 Å². The molecule has 2 N–H and O–H groups in total. The lowest BCUT2D eigenvalue weighted by atomic mass is 10.1. The van der Waals surface area contributed by atoms with Gasteiger partial charge in [0.1, 0.15) is 22.9 Å². The number of aliphatic hydroxyl groups excluding tert-OH is 1. The van der Waals surface area contributed by atoms with Gasteiger partial charge in [-0.3, -0.25) is 0 Å². The fourth-order valence-corrected chi connectivity index (χ4v) is 4.63. The number of alkyl carbamates (subject to hydrolysis) is 1. The van der Waals surface area contributed by atoms with Crippen LogP contribution >= 0.6 is 0 Å². The fourth-order valence-electron chi connectivity index (χ4n) is 3.60. The molecule has 8 nitrogen and oxygen atoms in total. The van der Waals surface area contributed by atoms with Crippen LogP contribution in [0.5, 0.6) is 11.5 Å². The topological polar surface area (TPSA) is 126 Å². The third kappa shape index (κ3) is 5.49. The van der Waals surface area contributed by atoms with E-state index in [0.29, 0.717) is 6.07 Å². The maximum atomic E-state index is 13.9. The maximum absolute atomic E-state index is 13.9. The number of benzene rings is 2. The van der Waals surface area contributed by atoms with Crippen LogP contribution in [0, 0.1) is 17.1 Å². The second kappa shape index (κ2) is 9.01. The van der Waals surface area contributed by atoms with Crippen molar-refractivity contribution in [3.8, 4) is 17.6 Å². The standard InChI is InChI=1S/C22H20F4N2O6S/c1-21(2,3)34-20(30)28-14-9-15(29)19-17(35(31,32)22(24,25)26)5-4-16(18(14)19)33-13-7-11(10-27)6-12(23)8-13/h4-8,14-15,29H,9H2,1-3H3,(H,28,30)/t14-,15+/m1/s1. The minimum absolute atomic E-state index is 0.114. The number of carbonyl (C=O) groups excluding carboxylic acids is 1. The number of hydrogen-bond donors (Lipinski definition) is 2. The Morgan fingerprint density at radius 3 is 2.40 bits per heavy atom. The molecule has 0 spiro atoms. The number of fused-ring (bicyclic) bond motifs is 1. The van der Waals surface area contributed by atoms with Crippen molar-refractivity contribution in [2.24, 2.45) is 0 Å². The van der Waals surface area contributed by atoms with Gasteiger partial charge in [-0.1, -0.05) is 0 Å². The summed E-state index contributed by atoms with van der Waals surface area (Å²) in [5, 5.41) is 22.0. The summed E-state index contributed by atoms with van der Waals surface area (Å²) in [6, 6.07) is 4.99. The molecule has 1 aliphatic carbocycles. The van der Waals surface area contributed by atoms with Crippen LogP contribution in [0.3, 0.4) is 0 Å². The molecule has 0 unspecified atom stereocenters. The van der Waals surface area contributed by atoms with Gasteiger partial charge in [0.15, 0.2) is 0 Å². The Bertz CT molecular complexity index is 1310. The minimum atomic E-state index is -5.88. The highest BCUT2D eigenvalue weighted by Crippen LogP contribution is 2.49. The molecular weight excluding hydrogens is 496 g/mol. The summed E-state index contributed by atoms with van der Waals surface area (Å²) in [5.74, 6) is -1.31. The van der Waals surface area contributed by atoms with Gasteiger partial charge in [-0.2, -0.15) is 18.4 Å². The number of alkyl halides is 3. The van der Waals surface area contributed by atoms with Crippen LogP contribution in [0.4, 0.5) is 22.4 Å². The van der Waals surface area contributed by atoms with E-state index in [1.165, 1.54) is 0 Å². The molecule has 2 aromatic rings. The number of nitriles is 1. The monoisotopic (exact) mass is 516 g/mol. The molecule has 0 saturated heterocycles. The van der Waals surface area contributed by atoms with E-state index in [1.54, 1.807) is 26.8 Å². The van der Waals surface area contributed by atoms with Crippen molar-refractivity contribution in [1.29, 1.82) is 5.26 Å². The molecule has 1 aliphatic rings. The number of hydrogen-bond acceptors (Lipinski definition) is 7. The predicted octanol–water partition coefficient (Wildman–Crippen LogP) is 4.79. The Morgan fingerprint density at radius 1 is 1.17 bits per heavy atom. The van der Waals surface area contributed by atoms with Crippen LogP contribution in [-0.2, 0) is 14.6 Å². The SMILES string of the molecule is CC(C)(C)OC(=O)N[C@@H]1C[C@H](O)c2c(S(=O)(=O)C(F)(F)F)ccc(Oc3cc(F)cc(C#N)c3)c21. The molecule has 2 atom stereocenters. The van der Waals surface area contributed by atoms with Crippen molar-refractivity contribution in [3.63, 3.8) is 0 Å². The van der Waals surface area contributed by atoms with Crippen LogP contribution in [0.15, 0.2) is 35.2 Å². The number of amides is 1. The molecule has 3 rings (SSSR count). The average Bonchev–Trinajstić information content (AvgIpc) is 3.01. The molecule has 0 fully saturated rings. The van der Waals surface area contributed by atoms with E-state index in [-0.39, 0.29) is 29.0 Å². The molecule has 0 heterocycles. The fraction of sp³-hybridized carbons (Fsp3) is 0.364. The number of rotatable bonds is 4. The molecule has 0 aliphatic heterocycles. The van der Waals surface area contributed by atoms with Crippen molar-refractivity contribution in [3.05, 3.63) is 52.8 Å². The number of nitrogens with one attached hydrogen (secondary N) is 1. The number of sulfone groups is 1. The number of aliphatic hydroxyl groups is 1. The number of nitrogens with zero attached hydrogens (tertiary/aromatic N) is 1. The summed E-state index contributed by atoms with van der Waals surface area (Å²) in [4.78, 5) is 11.1. The Morgan fingerprint density at radius 2 is 1.83 bits per heavy atom. The molecule has 0 aromatic heterocycles. The second-order valence-corrected chi connectivity index (χ2v) is 10.6. The summed E-state index contributed by atoms with van der Waals surface area (Å²) >= 11 is 0. The average molecular weight is 516 g/mol. The Kier molecular flexibility index (Phi) is 6.75. The van der Waals surface area contributed by atoms with E-state index in [4.69, 9.17) is 14.7 Å². The van der Waals surface area contributed by atoms with Crippen LogP contribution in [-0.4, -0.2) is 30.7 Å². The van der Waals surface area contributed by atoms with Gasteiger partial charge in [0.25, 0.3) is 9.84 Å². The Balaban J connectivity index is 2.17. The first-order chi connectivity index (χ1) is 16.0. The summed E-state index contributed by atoms with van der Waals surface area (Å²) < 4.78 is 89.0. The zero-order valence-electron chi connectivity index (χ0n) is 18.6. The van der Waals surface area contributed by atoms with E-state index < -0.39 is 55.5 Å². The summed E-state index contributed by atoms with van der Waals surface area (Å²) in [6.45, 7) is 4.72. The highest BCUT2D eigenvalue weighted by molar-refractivity contribution is 7.92. The van der Waals surface area contributed by atoms with Gasteiger partial charge in [0, 0.05) is 23.6 Å². The van der Waals surface area contributed by atoms with Gasteiger partial charge in [-0.25, -0.2) is 17.6 Å². The third-order valence-corrected chi connectivity index (χ3v) is 6.41. The van der Waals surface area contributed by atoms with Crippen LogP contribution in [0.1, 0.15) is 56.0 Å². The molecule has 13 heteroatoms. The molecule has 0 saturated carbocycles. The number of ether oxygens (including phenoxy) is 2. The van der Waals surface area contributed by atoms with Crippen molar-refractivity contribution in [2.45, 2.75) is 55.3 Å². The molecule has 0 bridgehead atoms. The van der Waals surface area contributed by atoms with Gasteiger partial charge >= 0.3 is 11.6 Å². The first-order valence-corrected chi connectivity index (χ1v) is 11.6. The van der Waals surface area contributed by atoms with Crippen molar-refractivity contribution in [1.82, 2.24) is 5.32 Å². The van der Waals surface area contributed by atoms with E-state index in [0.717, 1.165) is 24.3 Å². The van der Waals surface area contributed by atoms with E-state index in [1.807, 2.05) is 0 Å². The molecule has 35 heavy (non-hydrogen) atoms. The smallest absolute Gasteiger partial charge is 0.457 e. The molecule has 188 valence electrons. The zero-order valence-corrected chi connectivity index (χ0v) is 19.4. The van der Waals surface area contributed by atoms with E-state index >= 15 is 0 Å². The van der Waals surface area contributed by atoms with E-state index in [9.17, 15) is 35.9 Å². The second-order valence-electron chi connectivity index (χ2n) is 8.68. The summed E-state index contributed by atoms with van der Waals surface area (Å²) in [5.41, 5.74) is -7.57. The highest BCUT2D eigenvalue weighted by atomic mass is 32.2. The van der Waals surface area contributed by atoms with Crippen molar-refractivity contribution >= 4 is 15.9 Å². The molecule has 0 radical (unpaired) electrons. The normalized spacial score (nSPS) is 17.9. The quantitative estimate of drug-likeness (QED) is 0.560. The molecular formula is C22H20F4N2O6S. The minimum Gasteiger partial charge on any atom is -0.457 e. The van der Waals surface area contributed by atoms with Crippen LogP contribution in [0.25, 0.3) is 0 Å². The largest absolute Gasteiger partial charge is 0.501 e. The molecule has 2 aromatic carbocycles. The lowest BCUT2D eigenvalue weighted by Crippen LogP contribution is -2.34. The van der Waals surface area contributed by atoms with Gasteiger partial charge in [-0.05, 0) is 45.0 Å². The third-order valence-electron chi connectivity index (χ3n) is 4.86. The van der Waals surface area contributed by atoms with Crippen LogP contribution < -0.4 is 10.1 Å². The zero-order chi connectivity index (χ0) is 26.3. The first kappa shape index (κ1) is 26.2. The first-order valence-electron chi connectivity index (χ1n) is 10.1. The summed E-state index contributed by atoms with van der Waals surface area (Å²) in [6.07, 6.45) is -3.08. The van der Waals surface area contributed by atoms with Gasteiger partial charge in [0.2, 0.25) is 0 Å². The van der Waals surface area contributed by atoms with Gasteiger partial charge in [0.05, 0.1) is 28.7 Å². The highest BCUT2D eigenvalue weighted by Gasteiger charge is 2.50. The van der Waals surface area contributed by atoms with Gasteiger partial charge in [-0.15, -0.1) is 0 Å². The van der Waals surface area contributed by atoms with E-state index in [2.05, 4.69) is 5.32 Å². The number of carbonyl (C=O) groups is 1. The lowest BCUT2D eigenvalue weighted by molar-refractivity contribution is -0.0437. The summed E-state index contributed by atoms with van der Waals surface area (Å²) in [7, 11) is -5.88. The lowest BCUT2D eigenvalue weighted by Gasteiger charge is -2.23. The van der Waals surface area contributed by atoms with Gasteiger partial charge < -0.3 is 19.9 Å². The number of halogens is 4. The maximum Gasteiger partial charge on any atom is 0.501 e. The molecule has 1 amide bonds.